The number of hydrogen-bond acceptors (Lipinski definition) is 4. The molecule has 0 saturated carbocycles. The Morgan fingerprint density at radius 1 is 1.03 bits per heavy atom. The van der Waals surface area contributed by atoms with E-state index >= 15 is 0 Å². The highest BCUT2D eigenvalue weighted by Gasteiger charge is 2.21. The summed E-state index contributed by atoms with van der Waals surface area (Å²) in [5.41, 5.74) is 4.16. The average molecular weight is 409 g/mol. The molecule has 1 saturated heterocycles. The number of imidazole rings is 1. The Hall–Kier alpha value is -2.63. The third-order valence-corrected chi connectivity index (χ3v) is 5.92. The number of piperidine rings is 1. The van der Waals surface area contributed by atoms with E-state index in [4.69, 9.17) is 11.6 Å². The Labute approximate surface area is 176 Å². The standard InChI is InChI=1S/C23H25ClN4O/c1-27(2)19-11-13-28(14-12-19)20-9-5-17(6-10-20)23-25-21(15-29)22(26-23)16-3-7-18(24)8-4-16/h3-10,15,19H,11-14H2,1-2H3,(H,25,26). The van der Waals surface area contributed by atoms with Crippen LogP contribution in [0.5, 0.6) is 0 Å². The molecule has 0 amide bonds. The molecule has 0 spiro atoms. The fourth-order valence-electron chi connectivity index (χ4n) is 3.91. The molecular weight excluding hydrogens is 384 g/mol. The lowest BCUT2D eigenvalue weighted by Gasteiger charge is -2.36. The van der Waals surface area contributed by atoms with Crippen molar-refractivity contribution in [2.24, 2.45) is 0 Å². The van der Waals surface area contributed by atoms with E-state index in [0.717, 1.165) is 30.5 Å². The Morgan fingerprint density at radius 2 is 1.66 bits per heavy atom. The van der Waals surface area contributed by atoms with Crippen molar-refractivity contribution in [1.82, 2.24) is 14.9 Å². The number of anilines is 1. The molecule has 0 atom stereocenters. The van der Waals surface area contributed by atoms with Crippen molar-refractivity contribution in [3.05, 3.63) is 59.2 Å². The Kier molecular flexibility index (Phi) is 5.69. The molecule has 0 bridgehead atoms. The van der Waals surface area contributed by atoms with Gasteiger partial charge in [-0.2, -0.15) is 0 Å². The summed E-state index contributed by atoms with van der Waals surface area (Å²) in [5, 5.41) is 0.655. The maximum absolute atomic E-state index is 11.5. The van der Waals surface area contributed by atoms with E-state index in [9.17, 15) is 4.79 Å². The molecule has 2 heterocycles. The van der Waals surface area contributed by atoms with Crippen LogP contribution in [0.15, 0.2) is 48.5 Å². The summed E-state index contributed by atoms with van der Waals surface area (Å²) in [6.45, 7) is 2.14. The van der Waals surface area contributed by atoms with E-state index in [2.05, 4.69) is 58.1 Å². The molecule has 3 aromatic rings. The van der Waals surface area contributed by atoms with E-state index in [1.165, 1.54) is 18.5 Å². The van der Waals surface area contributed by atoms with Gasteiger partial charge in [-0.05, 0) is 63.3 Å². The molecule has 4 rings (SSSR count). The number of aromatic amines is 1. The van der Waals surface area contributed by atoms with Gasteiger partial charge < -0.3 is 14.8 Å². The summed E-state index contributed by atoms with van der Waals surface area (Å²) < 4.78 is 0. The molecule has 0 radical (unpaired) electrons. The second kappa shape index (κ2) is 8.39. The number of halogens is 1. The second-order valence-corrected chi connectivity index (χ2v) is 8.14. The summed E-state index contributed by atoms with van der Waals surface area (Å²) in [6.07, 6.45) is 3.17. The van der Waals surface area contributed by atoms with Crippen LogP contribution in [0.3, 0.4) is 0 Å². The first-order chi connectivity index (χ1) is 14.0. The minimum atomic E-state index is 0.470. The Morgan fingerprint density at radius 3 is 2.24 bits per heavy atom. The van der Waals surface area contributed by atoms with Gasteiger partial charge in [0.25, 0.3) is 0 Å². The number of benzene rings is 2. The van der Waals surface area contributed by atoms with Gasteiger partial charge in [-0.1, -0.05) is 23.7 Å². The SMILES string of the molecule is CN(C)C1CCN(c2ccc(-c3nc(-c4ccc(Cl)cc4)c(C=O)[nH]3)cc2)CC1. The zero-order chi connectivity index (χ0) is 20.4. The van der Waals surface area contributed by atoms with E-state index < -0.39 is 0 Å². The predicted molar refractivity (Wildman–Crippen MR) is 119 cm³/mol. The molecule has 2 aromatic carbocycles. The summed E-state index contributed by atoms with van der Waals surface area (Å²) in [7, 11) is 4.31. The van der Waals surface area contributed by atoms with Crippen LogP contribution < -0.4 is 4.90 Å². The van der Waals surface area contributed by atoms with E-state index in [0.29, 0.717) is 28.3 Å². The average Bonchev–Trinajstić information content (AvgIpc) is 3.19. The zero-order valence-electron chi connectivity index (χ0n) is 16.7. The summed E-state index contributed by atoms with van der Waals surface area (Å²) in [5.74, 6) is 0.690. The van der Waals surface area contributed by atoms with Crippen molar-refractivity contribution in [3.8, 4) is 22.6 Å². The number of nitrogens with one attached hydrogen (secondary N) is 1. The molecule has 150 valence electrons. The van der Waals surface area contributed by atoms with Crippen molar-refractivity contribution >= 4 is 23.6 Å². The van der Waals surface area contributed by atoms with Crippen LogP contribution in [-0.2, 0) is 0 Å². The quantitative estimate of drug-likeness (QED) is 0.619. The number of nitrogens with zero attached hydrogens (tertiary/aromatic N) is 3. The fourth-order valence-corrected chi connectivity index (χ4v) is 4.03. The van der Waals surface area contributed by atoms with Crippen LogP contribution >= 0.6 is 11.6 Å². The Bertz CT molecular complexity index is 971. The molecule has 1 aromatic heterocycles. The van der Waals surface area contributed by atoms with Gasteiger partial charge in [-0.25, -0.2) is 4.98 Å². The number of aromatic nitrogens is 2. The number of H-pyrrole nitrogens is 1. The summed E-state index contributed by atoms with van der Waals surface area (Å²) >= 11 is 5.97. The minimum absolute atomic E-state index is 0.470. The van der Waals surface area contributed by atoms with Gasteiger partial charge >= 0.3 is 0 Å². The number of carbonyl (C=O) groups excluding carboxylic acids is 1. The van der Waals surface area contributed by atoms with Gasteiger partial charge in [0.15, 0.2) is 6.29 Å². The molecule has 1 aliphatic heterocycles. The lowest BCUT2D eigenvalue weighted by Crippen LogP contribution is -2.41. The maximum Gasteiger partial charge on any atom is 0.168 e. The van der Waals surface area contributed by atoms with Crippen LogP contribution in [0, 0.1) is 0 Å². The summed E-state index contributed by atoms with van der Waals surface area (Å²) in [6, 6.07) is 16.4. The van der Waals surface area contributed by atoms with Crippen molar-refractivity contribution in [1.29, 1.82) is 0 Å². The topological polar surface area (TPSA) is 52.2 Å². The largest absolute Gasteiger partial charge is 0.371 e. The molecule has 6 heteroatoms. The van der Waals surface area contributed by atoms with Crippen LogP contribution in [-0.4, -0.2) is 54.4 Å². The van der Waals surface area contributed by atoms with Gasteiger partial charge in [0.2, 0.25) is 0 Å². The van der Waals surface area contributed by atoms with Gasteiger partial charge in [0.05, 0.1) is 5.69 Å². The highest BCUT2D eigenvalue weighted by Crippen LogP contribution is 2.28. The number of aldehydes is 1. The van der Waals surface area contributed by atoms with Gasteiger partial charge in [-0.3, -0.25) is 4.79 Å². The van der Waals surface area contributed by atoms with Crippen LogP contribution in [0.1, 0.15) is 23.3 Å². The molecule has 1 fully saturated rings. The van der Waals surface area contributed by atoms with Crippen LogP contribution in [0.4, 0.5) is 5.69 Å². The Balaban J connectivity index is 1.54. The first-order valence-electron chi connectivity index (χ1n) is 9.88. The van der Waals surface area contributed by atoms with Crippen molar-refractivity contribution < 1.29 is 4.79 Å². The molecule has 1 aliphatic rings. The molecule has 5 nitrogen and oxygen atoms in total. The smallest absolute Gasteiger partial charge is 0.168 e. The van der Waals surface area contributed by atoms with E-state index in [1.807, 2.05) is 12.1 Å². The van der Waals surface area contributed by atoms with Crippen molar-refractivity contribution in [2.45, 2.75) is 18.9 Å². The van der Waals surface area contributed by atoms with Crippen molar-refractivity contribution in [2.75, 3.05) is 32.1 Å². The highest BCUT2D eigenvalue weighted by molar-refractivity contribution is 6.30. The van der Waals surface area contributed by atoms with Gasteiger partial charge in [0, 0.05) is 41.0 Å². The number of hydrogen-bond donors (Lipinski definition) is 1. The van der Waals surface area contributed by atoms with Crippen LogP contribution in [0.2, 0.25) is 5.02 Å². The molecule has 0 unspecified atom stereocenters. The molecule has 1 N–H and O–H groups in total. The third kappa shape index (κ3) is 4.21. The lowest BCUT2D eigenvalue weighted by atomic mass is 10.0. The van der Waals surface area contributed by atoms with Gasteiger partial charge in [-0.15, -0.1) is 0 Å². The van der Waals surface area contributed by atoms with Crippen LogP contribution in [0.25, 0.3) is 22.6 Å². The number of carbonyl (C=O) groups is 1. The monoisotopic (exact) mass is 408 g/mol. The maximum atomic E-state index is 11.5. The highest BCUT2D eigenvalue weighted by atomic mass is 35.5. The zero-order valence-corrected chi connectivity index (χ0v) is 17.5. The first kappa shape index (κ1) is 19.7. The van der Waals surface area contributed by atoms with E-state index in [-0.39, 0.29) is 0 Å². The van der Waals surface area contributed by atoms with E-state index in [1.54, 1.807) is 12.1 Å². The molecule has 0 aliphatic carbocycles. The minimum Gasteiger partial charge on any atom is -0.371 e. The lowest BCUT2D eigenvalue weighted by molar-refractivity contribution is 0.112. The predicted octanol–water partition coefficient (Wildman–Crippen LogP) is 4.74. The fraction of sp³-hybridized carbons (Fsp3) is 0.304. The first-order valence-corrected chi connectivity index (χ1v) is 10.3. The molecule has 29 heavy (non-hydrogen) atoms. The molecular formula is C23H25ClN4O. The van der Waals surface area contributed by atoms with Gasteiger partial charge in [0.1, 0.15) is 11.5 Å². The third-order valence-electron chi connectivity index (χ3n) is 5.67. The second-order valence-electron chi connectivity index (χ2n) is 7.70. The summed E-state index contributed by atoms with van der Waals surface area (Å²) in [4.78, 5) is 24.1. The number of rotatable bonds is 5. The van der Waals surface area contributed by atoms with Crippen molar-refractivity contribution in [3.63, 3.8) is 0 Å². The normalized spacial score (nSPS) is 15.1.